The van der Waals surface area contributed by atoms with E-state index in [0.29, 0.717) is 17.9 Å². The van der Waals surface area contributed by atoms with Crippen molar-refractivity contribution in [2.45, 2.75) is 25.5 Å². The second kappa shape index (κ2) is 6.64. The average molecular weight is 267 g/mol. The van der Waals surface area contributed by atoms with Gasteiger partial charge in [-0.05, 0) is 39.2 Å². The number of nitrogens with zero attached hydrogens (tertiary/aromatic N) is 1. The van der Waals surface area contributed by atoms with E-state index < -0.39 is 0 Å². The van der Waals surface area contributed by atoms with E-state index in [1.165, 1.54) is 0 Å². The number of nitrogens with one attached hydrogen (secondary N) is 2. The third-order valence-corrected chi connectivity index (χ3v) is 3.87. The van der Waals surface area contributed by atoms with Crippen LogP contribution in [0, 0.1) is 0 Å². The van der Waals surface area contributed by atoms with Crippen LogP contribution in [0.2, 0.25) is 0 Å². The summed E-state index contributed by atoms with van der Waals surface area (Å²) >= 11 is 1.73. The van der Waals surface area contributed by atoms with Crippen molar-refractivity contribution in [3.8, 4) is 0 Å². The predicted octanol–water partition coefficient (Wildman–Crippen LogP) is 2.38. The smallest absolute Gasteiger partial charge is 0.255 e. The summed E-state index contributed by atoms with van der Waals surface area (Å²) in [5, 5.41) is 6.04. The lowest BCUT2D eigenvalue weighted by atomic mass is 10.2. The molecule has 0 saturated carbocycles. The van der Waals surface area contributed by atoms with Crippen LogP contribution in [-0.4, -0.2) is 35.0 Å². The van der Waals surface area contributed by atoms with Crippen LogP contribution in [0.4, 0.5) is 5.82 Å². The van der Waals surface area contributed by atoms with Crippen molar-refractivity contribution in [3.63, 3.8) is 0 Å². The SMILES string of the molecule is CCNc1ncccc1C(=O)NCC(C)(C)SC. The van der Waals surface area contributed by atoms with Crippen molar-refractivity contribution < 1.29 is 4.79 Å². The molecule has 0 saturated heterocycles. The van der Waals surface area contributed by atoms with E-state index in [2.05, 4.69) is 29.5 Å². The monoisotopic (exact) mass is 267 g/mol. The molecule has 18 heavy (non-hydrogen) atoms. The number of pyridine rings is 1. The average Bonchev–Trinajstić information content (AvgIpc) is 2.37. The molecule has 0 bridgehead atoms. The molecule has 0 atom stereocenters. The summed E-state index contributed by atoms with van der Waals surface area (Å²) in [6.07, 6.45) is 3.72. The molecule has 4 nitrogen and oxygen atoms in total. The van der Waals surface area contributed by atoms with Crippen molar-refractivity contribution in [3.05, 3.63) is 23.9 Å². The first-order valence-corrected chi connectivity index (χ1v) is 7.25. The number of thioether (sulfide) groups is 1. The van der Waals surface area contributed by atoms with Crippen LogP contribution in [0.15, 0.2) is 18.3 Å². The maximum atomic E-state index is 12.1. The number of rotatable bonds is 6. The van der Waals surface area contributed by atoms with E-state index in [4.69, 9.17) is 0 Å². The summed E-state index contributed by atoms with van der Waals surface area (Å²) in [4.78, 5) is 16.3. The van der Waals surface area contributed by atoms with Crippen molar-refractivity contribution in [1.29, 1.82) is 0 Å². The van der Waals surface area contributed by atoms with Gasteiger partial charge in [-0.15, -0.1) is 0 Å². The Morgan fingerprint density at radius 3 is 2.83 bits per heavy atom. The minimum Gasteiger partial charge on any atom is -0.370 e. The van der Waals surface area contributed by atoms with Gasteiger partial charge in [0.05, 0.1) is 5.56 Å². The molecular formula is C13H21N3OS. The van der Waals surface area contributed by atoms with E-state index in [0.717, 1.165) is 6.54 Å². The van der Waals surface area contributed by atoms with Gasteiger partial charge in [-0.1, -0.05) is 0 Å². The van der Waals surface area contributed by atoms with Crippen LogP contribution in [-0.2, 0) is 0 Å². The van der Waals surface area contributed by atoms with Crippen molar-refractivity contribution in [1.82, 2.24) is 10.3 Å². The largest absolute Gasteiger partial charge is 0.370 e. The number of amides is 1. The first kappa shape index (κ1) is 14.8. The zero-order valence-electron chi connectivity index (χ0n) is 11.4. The highest BCUT2D eigenvalue weighted by atomic mass is 32.2. The molecule has 0 spiro atoms. The van der Waals surface area contributed by atoms with Crippen LogP contribution in [0.1, 0.15) is 31.1 Å². The van der Waals surface area contributed by atoms with Crippen molar-refractivity contribution in [2.75, 3.05) is 24.7 Å². The normalized spacial score (nSPS) is 11.1. The Morgan fingerprint density at radius 1 is 1.50 bits per heavy atom. The standard InChI is InChI=1S/C13H21N3OS/c1-5-14-11-10(7-6-8-15-11)12(17)16-9-13(2,3)18-4/h6-8H,5,9H2,1-4H3,(H,14,15)(H,16,17). The lowest BCUT2D eigenvalue weighted by Crippen LogP contribution is -2.36. The zero-order chi connectivity index (χ0) is 13.6. The Hall–Kier alpha value is -1.23. The summed E-state index contributed by atoms with van der Waals surface area (Å²) in [7, 11) is 0. The molecule has 2 N–H and O–H groups in total. The molecule has 1 rings (SSSR count). The topological polar surface area (TPSA) is 54.0 Å². The van der Waals surface area contributed by atoms with Crippen LogP contribution < -0.4 is 10.6 Å². The van der Waals surface area contributed by atoms with Crippen LogP contribution in [0.5, 0.6) is 0 Å². The fourth-order valence-electron chi connectivity index (χ4n) is 1.36. The maximum Gasteiger partial charge on any atom is 0.255 e. The Labute approximate surface area is 113 Å². The second-order valence-corrected chi connectivity index (χ2v) is 6.09. The van der Waals surface area contributed by atoms with E-state index >= 15 is 0 Å². The van der Waals surface area contributed by atoms with E-state index in [-0.39, 0.29) is 10.7 Å². The van der Waals surface area contributed by atoms with Crippen LogP contribution in [0.25, 0.3) is 0 Å². The highest BCUT2D eigenvalue weighted by Crippen LogP contribution is 2.20. The number of anilines is 1. The molecular weight excluding hydrogens is 246 g/mol. The Morgan fingerprint density at radius 2 is 2.22 bits per heavy atom. The van der Waals surface area contributed by atoms with E-state index in [1.807, 2.05) is 13.2 Å². The fraction of sp³-hybridized carbons (Fsp3) is 0.538. The third-order valence-electron chi connectivity index (χ3n) is 2.62. The molecule has 0 aromatic carbocycles. The Kier molecular flexibility index (Phi) is 5.47. The summed E-state index contributed by atoms with van der Waals surface area (Å²) < 4.78 is 0.0379. The Bertz CT molecular complexity index is 407. The first-order chi connectivity index (χ1) is 8.50. The molecule has 0 unspecified atom stereocenters. The van der Waals surface area contributed by atoms with Gasteiger partial charge in [-0.25, -0.2) is 4.98 Å². The highest BCUT2D eigenvalue weighted by Gasteiger charge is 2.18. The predicted molar refractivity (Wildman–Crippen MR) is 78.3 cm³/mol. The molecule has 1 aromatic rings. The summed E-state index contributed by atoms with van der Waals surface area (Å²) in [5.41, 5.74) is 0.594. The molecule has 1 aromatic heterocycles. The van der Waals surface area contributed by atoms with Gasteiger partial charge in [0.25, 0.3) is 5.91 Å². The lowest BCUT2D eigenvalue weighted by Gasteiger charge is -2.22. The lowest BCUT2D eigenvalue weighted by molar-refractivity contribution is 0.0951. The molecule has 1 amide bonds. The van der Waals surface area contributed by atoms with Gasteiger partial charge >= 0.3 is 0 Å². The Balaban J connectivity index is 2.72. The summed E-state index contributed by atoms with van der Waals surface area (Å²) in [5.74, 6) is 0.556. The van der Waals surface area contributed by atoms with Crippen molar-refractivity contribution in [2.24, 2.45) is 0 Å². The van der Waals surface area contributed by atoms with Gasteiger partial charge in [0, 0.05) is 24.0 Å². The van der Waals surface area contributed by atoms with Crippen molar-refractivity contribution >= 4 is 23.5 Å². The van der Waals surface area contributed by atoms with E-state index in [9.17, 15) is 4.79 Å². The second-order valence-electron chi connectivity index (χ2n) is 4.58. The van der Waals surface area contributed by atoms with Gasteiger partial charge in [0.2, 0.25) is 0 Å². The molecule has 0 aliphatic rings. The third kappa shape index (κ3) is 4.22. The van der Waals surface area contributed by atoms with Crippen LogP contribution >= 0.6 is 11.8 Å². The quantitative estimate of drug-likeness (QED) is 0.831. The van der Waals surface area contributed by atoms with Crippen LogP contribution in [0.3, 0.4) is 0 Å². The highest BCUT2D eigenvalue weighted by molar-refractivity contribution is 7.99. The minimum atomic E-state index is -0.0822. The number of aromatic nitrogens is 1. The molecule has 0 aliphatic heterocycles. The minimum absolute atomic E-state index is 0.0379. The number of hydrogen-bond acceptors (Lipinski definition) is 4. The number of hydrogen-bond donors (Lipinski definition) is 2. The van der Waals surface area contributed by atoms with Gasteiger partial charge in [-0.3, -0.25) is 4.79 Å². The summed E-state index contributed by atoms with van der Waals surface area (Å²) in [6, 6.07) is 3.56. The molecule has 5 heteroatoms. The summed E-state index contributed by atoms with van der Waals surface area (Å²) in [6.45, 7) is 7.56. The molecule has 0 aliphatic carbocycles. The molecule has 100 valence electrons. The maximum absolute atomic E-state index is 12.1. The molecule has 0 radical (unpaired) electrons. The number of carbonyl (C=O) groups is 1. The zero-order valence-corrected chi connectivity index (χ0v) is 12.2. The number of carbonyl (C=O) groups excluding carboxylic acids is 1. The van der Waals surface area contributed by atoms with Gasteiger partial charge in [-0.2, -0.15) is 11.8 Å². The van der Waals surface area contributed by atoms with Gasteiger partial charge in [0.15, 0.2) is 0 Å². The fourth-order valence-corrected chi connectivity index (χ4v) is 1.57. The van der Waals surface area contributed by atoms with Gasteiger partial charge in [0.1, 0.15) is 5.82 Å². The van der Waals surface area contributed by atoms with Gasteiger partial charge < -0.3 is 10.6 Å². The molecule has 1 heterocycles. The molecule has 0 fully saturated rings. The first-order valence-electron chi connectivity index (χ1n) is 6.02. The van der Waals surface area contributed by atoms with E-state index in [1.54, 1.807) is 30.1 Å².